The minimum Gasteiger partial charge on any atom is -0.286 e. The van der Waals surface area contributed by atoms with Crippen molar-refractivity contribution in [3.8, 4) is 0 Å². The van der Waals surface area contributed by atoms with E-state index in [0.717, 1.165) is 12.2 Å². The summed E-state index contributed by atoms with van der Waals surface area (Å²) in [4.78, 5) is 0. The maximum absolute atomic E-state index is 4.21. The summed E-state index contributed by atoms with van der Waals surface area (Å²) < 4.78 is 0. The van der Waals surface area contributed by atoms with Gasteiger partial charge in [0.15, 0.2) is 0 Å². The fourth-order valence-corrected chi connectivity index (χ4v) is 0.716. The van der Waals surface area contributed by atoms with E-state index in [4.69, 9.17) is 0 Å². The molecule has 1 aromatic rings. The van der Waals surface area contributed by atoms with Crippen molar-refractivity contribution in [2.45, 2.75) is 6.92 Å². The van der Waals surface area contributed by atoms with Crippen molar-refractivity contribution in [2.24, 2.45) is 0 Å². The number of rotatable bonds is 2. The van der Waals surface area contributed by atoms with Crippen LogP contribution >= 0.6 is 0 Å². The van der Waals surface area contributed by atoms with Gasteiger partial charge < -0.3 is 0 Å². The molecule has 0 aliphatic heterocycles. The highest BCUT2D eigenvalue weighted by Gasteiger charge is 1.84. The molecule has 0 bridgehead atoms. The SMILES string of the molecule is CC[N]c1ccccc1. The monoisotopic (exact) mass is 120 g/mol. The molecular formula is C8H10N. The quantitative estimate of drug-likeness (QED) is 0.566. The summed E-state index contributed by atoms with van der Waals surface area (Å²) in [5.41, 5.74) is 1.07. The molecule has 0 amide bonds. The van der Waals surface area contributed by atoms with E-state index in [1.54, 1.807) is 0 Å². The van der Waals surface area contributed by atoms with Gasteiger partial charge in [0.2, 0.25) is 0 Å². The highest BCUT2D eigenvalue weighted by atomic mass is 14.8. The van der Waals surface area contributed by atoms with Crippen LogP contribution in [0.2, 0.25) is 0 Å². The van der Waals surface area contributed by atoms with E-state index in [2.05, 4.69) is 5.32 Å². The van der Waals surface area contributed by atoms with Gasteiger partial charge in [-0.2, -0.15) is 0 Å². The van der Waals surface area contributed by atoms with Gasteiger partial charge in [0.1, 0.15) is 0 Å². The van der Waals surface area contributed by atoms with Gasteiger partial charge in [0.25, 0.3) is 0 Å². The third-order valence-corrected chi connectivity index (χ3v) is 1.10. The lowest BCUT2D eigenvalue weighted by Gasteiger charge is -1.95. The van der Waals surface area contributed by atoms with Gasteiger partial charge in [0, 0.05) is 6.54 Å². The minimum absolute atomic E-state index is 0.865. The molecule has 1 aromatic carbocycles. The zero-order chi connectivity index (χ0) is 6.53. The van der Waals surface area contributed by atoms with Crippen LogP contribution in [-0.4, -0.2) is 6.54 Å². The Kier molecular flexibility index (Phi) is 2.13. The first-order chi connectivity index (χ1) is 4.43. The van der Waals surface area contributed by atoms with Crippen LogP contribution < -0.4 is 5.32 Å². The molecule has 47 valence electrons. The van der Waals surface area contributed by atoms with E-state index in [1.807, 2.05) is 37.3 Å². The van der Waals surface area contributed by atoms with Crippen molar-refractivity contribution >= 4 is 5.69 Å². The first-order valence-corrected chi connectivity index (χ1v) is 3.16. The number of nitrogens with zero attached hydrogens (tertiary/aromatic N) is 1. The summed E-state index contributed by atoms with van der Waals surface area (Å²) in [5.74, 6) is 0. The lowest BCUT2D eigenvalue weighted by atomic mass is 10.3. The Labute approximate surface area is 55.7 Å². The largest absolute Gasteiger partial charge is 0.286 e. The molecule has 0 aliphatic carbocycles. The molecule has 0 N–H and O–H groups in total. The highest BCUT2D eigenvalue weighted by molar-refractivity contribution is 5.34. The van der Waals surface area contributed by atoms with E-state index in [9.17, 15) is 0 Å². The molecule has 0 aliphatic rings. The summed E-state index contributed by atoms with van der Waals surface area (Å²) in [6, 6.07) is 9.99. The number of hydrogen-bond acceptors (Lipinski definition) is 0. The molecule has 1 rings (SSSR count). The predicted molar refractivity (Wildman–Crippen MR) is 38.8 cm³/mol. The molecule has 1 radical (unpaired) electrons. The smallest absolute Gasteiger partial charge is 0.0574 e. The summed E-state index contributed by atoms with van der Waals surface area (Å²) >= 11 is 0. The van der Waals surface area contributed by atoms with Gasteiger partial charge in [-0.15, -0.1) is 0 Å². The lowest BCUT2D eigenvalue weighted by Crippen LogP contribution is -1.93. The van der Waals surface area contributed by atoms with E-state index < -0.39 is 0 Å². The Balaban J connectivity index is 2.61. The second-order valence-electron chi connectivity index (χ2n) is 1.81. The average Bonchev–Trinajstić information content (AvgIpc) is 1.91. The van der Waals surface area contributed by atoms with Crippen LogP contribution in [0.1, 0.15) is 6.92 Å². The number of benzene rings is 1. The normalized spacial score (nSPS) is 9.00. The van der Waals surface area contributed by atoms with Crippen LogP contribution in [-0.2, 0) is 0 Å². The van der Waals surface area contributed by atoms with E-state index in [0.29, 0.717) is 0 Å². The topological polar surface area (TPSA) is 14.1 Å². The van der Waals surface area contributed by atoms with Crippen LogP contribution in [0.15, 0.2) is 30.3 Å². The molecule has 0 atom stereocenters. The van der Waals surface area contributed by atoms with Gasteiger partial charge in [-0.3, -0.25) is 5.32 Å². The fourth-order valence-electron chi connectivity index (χ4n) is 0.716. The van der Waals surface area contributed by atoms with Crippen LogP contribution in [0.25, 0.3) is 0 Å². The molecule has 0 saturated carbocycles. The third-order valence-electron chi connectivity index (χ3n) is 1.10. The Bertz CT molecular complexity index is 157. The average molecular weight is 120 g/mol. The van der Waals surface area contributed by atoms with Gasteiger partial charge in [-0.05, 0) is 19.1 Å². The van der Waals surface area contributed by atoms with Crippen molar-refractivity contribution in [3.63, 3.8) is 0 Å². The van der Waals surface area contributed by atoms with Crippen LogP contribution in [0.5, 0.6) is 0 Å². The summed E-state index contributed by atoms with van der Waals surface area (Å²) in [5, 5.41) is 4.21. The first-order valence-electron chi connectivity index (χ1n) is 3.16. The van der Waals surface area contributed by atoms with Crippen molar-refractivity contribution in [1.82, 2.24) is 5.32 Å². The lowest BCUT2D eigenvalue weighted by molar-refractivity contribution is 0.913. The molecule has 1 heteroatoms. The number of para-hydroxylation sites is 1. The standard InChI is InChI=1S/C8H10N/c1-2-9-8-6-4-3-5-7-8/h3-7H,2H2,1H3. The Morgan fingerprint density at radius 2 is 1.89 bits per heavy atom. The zero-order valence-electron chi connectivity index (χ0n) is 5.54. The summed E-state index contributed by atoms with van der Waals surface area (Å²) in [6.45, 7) is 2.90. The van der Waals surface area contributed by atoms with Crippen LogP contribution in [0.3, 0.4) is 0 Å². The van der Waals surface area contributed by atoms with Gasteiger partial charge in [-0.1, -0.05) is 18.2 Å². The molecule has 0 saturated heterocycles. The van der Waals surface area contributed by atoms with Crippen molar-refractivity contribution in [1.29, 1.82) is 0 Å². The Morgan fingerprint density at radius 3 is 2.44 bits per heavy atom. The molecule has 0 fully saturated rings. The Morgan fingerprint density at radius 1 is 1.22 bits per heavy atom. The first kappa shape index (κ1) is 6.14. The summed E-state index contributed by atoms with van der Waals surface area (Å²) in [7, 11) is 0. The van der Waals surface area contributed by atoms with E-state index >= 15 is 0 Å². The number of hydrogen-bond donors (Lipinski definition) is 0. The molecule has 0 aromatic heterocycles. The second-order valence-corrected chi connectivity index (χ2v) is 1.81. The molecule has 0 heterocycles. The molecular weight excluding hydrogens is 110 g/mol. The minimum atomic E-state index is 0.865. The van der Waals surface area contributed by atoms with Crippen molar-refractivity contribution in [3.05, 3.63) is 30.3 Å². The summed E-state index contributed by atoms with van der Waals surface area (Å²) in [6.07, 6.45) is 0. The van der Waals surface area contributed by atoms with Crippen molar-refractivity contribution in [2.75, 3.05) is 6.54 Å². The fraction of sp³-hybridized carbons (Fsp3) is 0.250. The molecule has 1 nitrogen and oxygen atoms in total. The maximum atomic E-state index is 4.21. The van der Waals surface area contributed by atoms with Crippen LogP contribution in [0, 0.1) is 0 Å². The molecule has 9 heavy (non-hydrogen) atoms. The second kappa shape index (κ2) is 3.13. The van der Waals surface area contributed by atoms with E-state index in [-0.39, 0.29) is 0 Å². The highest BCUT2D eigenvalue weighted by Crippen LogP contribution is 2.03. The van der Waals surface area contributed by atoms with Gasteiger partial charge >= 0.3 is 0 Å². The molecule has 0 spiro atoms. The van der Waals surface area contributed by atoms with Gasteiger partial charge in [0.05, 0.1) is 5.69 Å². The zero-order valence-corrected chi connectivity index (χ0v) is 5.54. The third kappa shape index (κ3) is 1.76. The predicted octanol–water partition coefficient (Wildman–Crippen LogP) is 1.94. The van der Waals surface area contributed by atoms with Crippen LogP contribution in [0.4, 0.5) is 5.69 Å². The van der Waals surface area contributed by atoms with Gasteiger partial charge in [-0.25, -0.2) is 0 Å². The Hall–Kier alpha value is -0.980. The van der Waals surface area contributed by atoms with Crippen molar-refractivity contribution < 1.29 is 0 Å². The van der Waals surface area contributed by atoms with E-state index in [1.165, 1.54) is 0 Å². The maximum Gasteiger partial charge on any atom is 0.0574 e. The molecule has 0 unspecified atom stereocenters.